The number of hydrogen-bond donors (Lipinski definition) is 2. The molecule has 0 fully saturated rings. The van der Waals surface area contributed by atoms with Crippen LogP contribution in [0.1, 0.15) is 34.0 Å². The zero-order chi connectivity index (χ0) is 17.5. The van der Waals surface area contributed by atoms with E-state index in [9.17, 15) is 9.59 Å². The van der Waals surface area contributed by atoms with Gasteiger partial charge in [-0.1, -0.05) is 30.3 Å². The Hall–Kier alpha value is -2.25. The molecular formula is C17H21N3O3S. The molecule has 0 saturated heterocycles. The van der Waals surface area contributed by atoms with Gasteiger partial charge in [0.05, 0.1) is 24.1 Å². The van der Waals surface area contributed by atoms with E-state index in [0.717, 1.165) is 10.6 Å². The lowest BCUT2D eigenvalue weighted by Crippen LogP contribution is -2.36. The van der Waals surface area contributed by atoms with Crippen molar-refractivity contribution < 1.29 is 14.3 Å². The van der Waals surface area contributed by atoms with Gasteiger partial charge in [-0.15, -0.1) is 11.3 Å². The van der Waals surface area contributed by atoms with Crippen LogP contribution in [-0.4, -0.2) is 30.5 Å². The number of carbonyl (C=O) groups excluding carboxylic acids is 2. The highest BCUT2D eigenvalue weighted by molar-refractivity contribution is 7.09. The molecule has 7 heteroatoms. The molecule has 24 heavy (non-hydrogen) atoms. The molecule has 1 amide bonds. The quantitative estimate of drug-likeness (QED) is 0.746. The Bertz CT molecular complexity index is 687. The highest BCUT2D eigenvalue weighted by atomic mass is 32.1. The molecule has 2 unspecified atom stereocenters. The monoisotopic (exact) mass is 347 g/mol. The lowest BCUT2D eigenvalue weighted by Gasteiger charge is -2.23. The number of hydrogen-bond acceptors (Lipinski definition) is 6. The predicted octanol–water partition coefficient (Wildman–Crippen LogP) is 1.92. The van der Waals surface area contributed by atoms with Crippen molar-refractivity contribution in [3.63, 3.8) is 0 Å². The normalized spacial score (nSPS) is 13.1. The van der Waals surface area contributed by atoms with E-state index in [1.807, 2.05) is 30.3 Å². The van der Waals surface area contributed by atoms with E-state index in [4.69, 9.17) is 10.5 Å². The largest absolute Gasteiger partial charge is 0.469 e. The van der Waals surface area contributed by atoms with Crippen molar-refractivity contribution in [3.05, 3.63) is 52.0 Å². The van der Waals surface area contributed by atoms with Crippen LogP contribution in [0, 0.1) is 5.92 Å². The highest BCUT2D eigenvalue weighted by Crippen LogP contribution is 2.24. The van der Waals surface area contributed by atoms with Gasteiger partial charge in [-0.25, -0.2) is 4.98 Å². The van der Waals surface area contributed by atoms with Crippen LogP contribution in [0.15, 0.2) is 35.7 Å². The lowest BCUT2D eigenvalue weighted by atomic mass is 9.94. The number of methoxy groups -OCH3 is 1. The maximum atomic E-state index is 12.5. The molecule has 2 rings (SSSR count). The minimum Gasteiger partial charge on any atom is -0.469 e. The van der Waals surface area contributed by atoms with E-state index in [1.54, 1.807) is 12.3 Å². The first-order valence-corrected chi connectivity index (χ1v) is 8.53. The van der Waals surface area contributed by atoms with Gasteiger partial charge in [-0.05, 0) is 19.0 Å². The SMILES string of the molecule is COC(=O)C(C)C(NC(=O)c1csc(CCN)n1)c1ccccc1. The molecule has 0 spiro atoms. The molecule has 2 atom stereocenters. The highest BCUT2D eigenvalue weighted by Gasteiger charge is 2.28. The summed E-state index contributed by atoms with van der Waals surface area (Å²) in [6, 6.07) is 8.84. The number of nitrogens with zero attached hydrogens (tertiary/aromatic N) is 1. The van der Waals surface area contributed by atoms with E-state index in [0.29, 0.717) is 18.7 Å². The minimum atomic E-state index is -0.525. The van der Waals surface area contributed by atoms with Crippen molar-refractivity contribution >= 4 is 23.2 Å². The number of benzene rings is 1. The van der Waals surface area contributed by atoms with Crippen LogP contribution in [0.5, 0.6) is 0 Å². The van der Waals surface area contributed by atoms with Crippen molar-refractivity contribution in [1.82, 2.24) is 10.3 Å². The van der Waals surface area contributed by atoms with Gasteiger partial charge in [0, 0.05) is 11.8 Å². The zero-order valence-electron chi connectivity index (χ0n) is 13.7. The number of esters is 1. The van der Waals surface area contributed by atoms with Crippen molar-refractivity contribution in [2.75, 3.05) is 13.7 Å². The molecule has 0 radical (unpaired) electrons. The van der Waals surface area contributed by atoms with E-state index in [1.165, 1.54) is 18.4 Å². The predicted molar refractivity (Wildman–Crippen MR) is 92.7 cm³/mol. The molecule has 1 aromatic heterocycles. The third-order valence-corrected chi connectivity index (χ3v) is 4.57. The van der Waals surface area contributed by atoms with Gasteiger partial charge in [0.15, 0.2) is 0 Å². The van der Waals surface area contributed by atoms with Crippen molar-refractivity contribution in [1.29, 1.82) is 0 Å². The molecule has 1 heterocycles. The maximum absolute atomic E-state index is 12.5. The molecule has 1 aromatic carbocycles. The second-order valence-corrected chi connectivity index (χ2v) is 6.28. The summed E-state index contributed by atoms with van der Waals surface area (Å²) in [6.07, 6.45) is 0.638. The van der Waals surface area contributed by atoms with Crippen LogP contribution < -0.4 is 11.1 Å². The maximum Gasteiger partial charge on any atom is 0.310 e. The molecule has 0 aliphatic rings. The number of nitrogens with one attached hydrogen (secondary N) is 1. The molecule has 0 aliphatic heterocycles. The molecule has 0 saturated carbocycles. The number of rotatable bonds is 7. The smallest absolute Gasteiger partial charge is 0.310 e. The number of ether oxygens (including phenoxy) is 1. The summed E-state index contributed by atoms with van der Waals surface area (Å²) in [6.45, 7) is 2.21. The van der Waals surface area contributed by atoms with Crippen LogP contribution in [0.2, 0.25) is 0 Å². The van der Waals surface area contributed by atoms with Gasteiger partial charge in [0.1, 0.15) is 5.69 Å². The van der Waals surface area contributed by atoms with Crippen LogP contribution in [0.4, 0.5) is 0 Å². The second-order valence-electron chi connectivity index (χ2n) is 5.34. The Morgan fingerprint density at radius 3 is 2.67 bits per heavy atom. The topological polar surface area (TPSA) is 94.3 Å². The Morgan fingerprint density at radius 2 is 2.04 bits per heavy atom. The average Bonchev–Trinajstić information content (AvgIpc) is 3.08. The van der Waals surface area contributed by atoms with Crippen LogP contribution in [-0.2, 0) is 16.0 Å². The third kappa shape index (κ3) is 4.39. The van der Waals surface area contributed by atoms with Gasteiger partial charge in [-0.3, -0.25) is 9.59 Å². The first kappa shape index (κ1) is 18.1. The molecule has 2 aromatic rings. The number of aromatic nitrogens is 1. The van der Waals surface area contributed by atoms with Crippen LogP contribution >= 0.6 is 11.3 Å². The average molecular weight is 347 g/mol. The Balaban J connectivity index is 2.20. The lowest BCUT2D eigenvalue weighted by molar-refractivity contribution is -0.145. The molecule has 0 aliphatic carbocycles. The Morgan fingerprint density at radius 1 is 1.33 bits per heavy atom. The summed E-state index contributed by atoms with van der Waals surface area (Å²) in [5, 5.41) is 5.41. The van der Waals surface area contributed by atoms with E-state index in [2.05, 4.69) is 10.3 Å². The summed E-state index contributed by atoms with van der Waals surface area (Å²) in [7, 11) is 1.34. The summed E-state index contributed by atoms with van der Waals surface area (Å²) >= 11 is 1.40. The fraction of sp³-hybridized carbons (Fsp3) is 0.353. The van der Waals surface area contributed by atoms with Crippen molar-refractivity contribution in [3.8, 4) is 0 Å². The molecule has 6 nitrogen and oxygen atoms in total. The van der Waals surface area contributed by atoms with Gasteiger partial charge in [0.25, 0.3) is 5.91 Å². The van der Waals surface area contributed by atoms with Gasteiger partial charge < -0.3 is 15.8 Å². The first-order chi connectivity index (χ1) is 11.6. The number of thiazole rings is 1. The van der Waals surface area contributed by atoms with Crippen molar-refractivity contribution in [2.45, 2.75) is 19.4 Å². The van der Waals surface area contributed by atoms with Gasteiger partial charge in [-0.2, -0.15) is 0 Å². The van der Waals surface area contributed by atoms with Gasteiger partial charge in [0.2, 0.25) is 0 Å². The third-order valence-electron chi connectivity index (χ3n) is 3.66. The zero-order valence-corrected chi connectivity index (χ0v) is 14.5. The van der Waals surface area contributed by atoms with E-state index in [-0.39, 0.29) is 11.9 Å². The summed E-state index contributed by atoms with van der Waals surface area (Å²) in [5.74, 6) is -1.23. The number of carbonyl (C=O) groups is 2. The van der Waals surface area contributed by atoms with E-state index >= 15 is 0 Å². The fourth-order valence-corrected chi connectivity index (χ4v) is 3.14. The van der Waals surface area contributed by atoms with Crippen molar-refractivity contribution in [2.24, 2.45) is 11.7 Å². The Labute approximate surface area is 145 Å². The first-order valence-electron chi connectivity index (χ1n) is 7.65. The molecular weight excluding hydrogens is 326 g/mol. The second kappa shape index (κ2) is 8.56. The summed E-state index contributed by atoms with van der Waals surface area (Å²) < 4.78 is 4.82. The van der Waals surface area contributed by atoms with E-state index < -0.39 is 12.0 Å². The van der Waals surface area contributed by atoms with Gasteiger partial charge >= 0.3 is 5.97 Å². The molecule has 3 N–H and O–H groups in total. The van der Waals surface area contributed by atoms with Crippen LogP contribution in [0.3, 0.4) is 0 Å². The van der Waals surface area contributed by atoms with Crippen LogP contribution in [0.25, 0.3) is 0 Å². The standard InChI is InChI=1S/C17H21N3O3S/c1-11(17(22)23-2)15(12-6-4-3-5-7-12)20-16(21)13-10-24-14(19-13)8-9-18/h3-7,10-11,15H,8-9,18H2,1-2H3,(H,20,21). The molecule has 128 valence electrons. The Kier molecular flexibility index (Phi) is 6.45. The number of amides is 1. The summed E-state index contributed by atoms with van der Waals surface area (Å²) in [4.78, 5) is 28.7. The fourth-order valence-electron chi connectivity index (χ4n) is 2.35. The molecule has 0 bridgehead atoms. The number of nitrogens with two attached hydrogens (primary N) is 1. The summed E-state index contributed by atoms with van der Waals surface area (Å²) in [5.41, 5.74) is 6.67. The minimum absolute atomic E-state index is 0.320.